The van der Waals surface area contributed by atoms with Crippen molar-refractivity contribution >= 4 is 0 Å². The zero-order valence-electron chi connectivity index (χ0n) is 6.46. The van der Waals surface area contributed by atoms with Crippen LogP contribution in [-0.2, 0) is 0 Å². The lowest BCUT2D eigenvalue weighted by Gasteiger charge is -1.17. The van der Waals surface area contributed by atoms with E-state index in [4.69, 9.17) is 0 Å². The van der Waals surface area contributed by atoms with E-state index in [0.29, 0.717) is 0 Å². The summed E-state index contributed by atoms with van der Waals surface area (Å²) < 4.78 is 0. The van der Waals surface area contributed by atoms with Gasteiger partial charge in [0.05, 0.1) is 21.1 Å². The van der Waals surface area contributed by atoms with E-state index in [1.165, 1.54) is 0 Å². The molecule has 66 valence electrons. The highest BCUT2D eigenvalue weighted by Crippen LogP contribution is 0.254. The molecule has 6 nitrogen and oxygen atoms in total. The van der Waals surface area contributed by atoms with Crippen LogP contribution in [0.15, 0.2) is 0 Å². The van der Waals surface area contributed by atoms with Crippen LogP contribution in [0.1, 0.15) is 0 Å². The molecule has 6 heteroatoms. The largest absolute Gasteiger partial charge is 0.870 e. The standard InChI is InChI=1S/3CH5N.3H2O/c3*1-2;;;/h3*2H2,1H3;3*1H2. The van der Waals surface area contributed by atoms with Crippen molar-refractivity contribution in [3.05, 3.63) is 0 Å². The summed E-state index contributed by atoms with van der Waals surface area (Å²) in [6.07, 6.45) is 0. The Labute approximate surface area is 55.9 Å². The molecule has 9 heavy (non-hydrogen) atoms. The van der Waals surface area contributed by atoms with E-state index >= 15 is 0 Å². The van der Waals surface area contributed by atoms with Gasteiger partial charge in [0.15, 0.2) is 0 Å². The van der Waals surface area contributed by atoms with Crippen molar-refractivity contribution in [2.75, 3.05) is 21.1 Å². The van der Waals surface area contributed by atoms with Crippen LogP contribution in [0, 0.1) is 0 Å². The molecule has 0 fully saturated rings. The van der Waals surface area contributed by atoms with Gasteiger partial charge in [0.1, 0.15) is 0 Å². The zero-order chi connectivity index (χ0) is 6.00. The first-order chi connectivity index (χ1) is 3.00. The summed E-state index contributed by atoms with van der Waals surface area (Å²) >= 11 is 0. The molecule has 0 aromatic carbocycles. The van der Waals surface area contributed by atoms with Crippen molar-refractivity contribution in [1.82, 2.24) is 0 Å². The molecule has 0 saturated heterocycles. The van der Waals surface area contributed by atoms with Gasteiger partial charge in [0.2, 0.25) is 0 Å². The minimum absolute atomic E-state index is 0. The van der Waals surface area contributed by atoms with E-state index in [1.54, 1.807) is 21.1 Å². The average molecular weight is 147 g/mol. The highest BCUT2D eigenvalue weighted by Gasteiger charge is 0.878. The maximum absolute atomic E-state index is 3.25. The molecule has 0 radical (unpaired) electrons. The second kappa shape index (κ2) is 6160. The normalized spacial score (nSPS) is 2.00. The predicted octanol–water partition coefficient (Wildman–Crippen LogP) is -3.96. The summed E-state index contributed by atoms with van der Waals surface area (Å²) in [5, 5.41) is 0. The van der Waals surface area contributed by atoms with Gasteiger partial charge in [-0.3, -0.25) is 0 Å². The Morgan fingerprint density at radius 3 is 0.444 bits per heavy atom. The van der Waals surface area contributed by atoms with Crippen LogP contribution >= 0.6 is 0 Å². The molecule has 0 aromatic heterocycles. The van der Waals surface area contributed by atoms with Crippen LogP contribution in [0.2, 0.25) is 0 Å². The molecule has 12 N–H and O–H groups in total. The molecule has 0 aromatic rings. The molecule has 0 bridgehead atoms. The third-order valence-corrected chi connectivity index (χ3v) is 0. The monoisotopic (exact) mass is 147 g/mol. The van der Waals surface area contributed by atoms with Gasteiger partial charge >= 0.3 is 0 Å². The lowest BCUT2D eigenvalue weighted by atomic mass is 11.6. The predicted molar refractivity (Wildman–Crippen MR) is 32.2 cm³/mol. The van der Waals surface area contributed by atoms with Crippen LogP contribution < -0.4 is 17.2 Å². The van der Waals surface area contributed by atoms with E-state index in [0.717, 1.165) is 0 Å². The Hall–Kier alpha value is -0.240. The molecule has 0 aliphatic rings. The molecule has 0 spiro atoms. The number of rotatable bonds is 0. The fraction of sp³-hybridized carbons (Fsp3) is 1.00. The van der Waals surface area contributed by atoms with Crippen LogP contribution in [0.4, 0.5) is 0 Å². The zero-order valence-corrected chi connectivity index (χ0v) is 6.46. The summed E-state index contributed by atoms with van der Waals surface area (Å²) in [5.74, 6) is 0. The van der Waals surface area contributed by atoms with E-state index in [2.05, 4.69) is 17.2 Å². The molecule has 0 amide bonds. The maximum Gasteiger partial charge on any atom is 0.0634 e. The fourth-order valence-electron chi connectivity index (χ4n) is 0. The van der Waals surface area contributed by atoms with Gasteiger partial charge in [-0.1, -0.05) is 0 Å². The Morgan fingerprint density at radius 1 is 0.444 bits per heavy atom. The lowest BCUT2D eigenvalue weighted by molar-refractivity contribution is -0.325. The van der Waals surface area contributed by atoms with Gasteiger partial charge in [-0.05, 0) is 0 Å². The first-order valence-corrected chi connectivity index (χ1v) is 2.12. The first-order valence-electron chi connectivity index (χ1n) is 2.12. The summed E-state index contributed by atoms with van der Waals surface area (Å²) in [6, 6.07) is 0. The summed E-state index contributed by atoms with van der Waals surface area (Å²) in [5.41, 5.74) is 9.75. The van der Waals surface area contributed by atoms with Crippen molar-refractivity contribution in [1.29, 1.82) is 0 Å². The van der Waals surface area contributed by atoms with Crippen molar-refractivity contribution in [3.8, 4) is 0 Å². The third-order valence-electron chi connectivity index (χ3n) is 0. The van der Waals surface area contributed by atoms with E-state index < -0.39 is 0 Å². The molecule has 0 aliphatic carbocycles. The quantitative estimate of drug-likeness (QED) is 0.317. The van der Waals surface area contributed by atoms with Crippen LogP contribution in [0.5, 0.6) is 0 Å². The molecular weight excluding hydrogens is 126 g/mol. The molecule has 0 unspecified atom stereocenters. The van der Waals surface area contributed by atoms with Crippen molar-refractivity contribution in [2.24, 2.45) is 0 Å². The SMILES string of the molecule is C[NH3+].C[NH3+].C[NH3+].[OH-].[OH-].[OH-]. The first kappa shape index (κ1) is 69.2. The minimum atomic E-state index is 0. The van der Waals surface area contributed by atoms with E-state index in [9.17, 15) is 0 Å². The van der Waals surface area contributed by atoms with E-state index in [1.807, 2.05) is 0 Å². The second-order valence-corrected chi connectivity index (χ2v) is 0. The molecule has 0 heterocycles. The topological polar surface area (TPSA) is 173 Å². The molecule has 0 saturated carbocycles. The number of hydrogen-bond acceptors (Lipinski definition) is 3. The Balaban J connectivity index is -0.00000000321. The Kier molecular flexibility index (Phi) is 47400. The second-order valence-electron chi connectivity index (χ2n) is 0. The van der Waals surface area contributed by atoms with Gasteiger partial charge in [0.25, 0.3) is 0 Å². The Morgan fingerprint density at radius 2 is 0.444 bits per heavy atom. The van der Waals surface area contributed by atoms with Gasteiger partial charge in [-0.2, -0.15) is 0 Å². The molecule has 0 atom stereocenters. The maximum atomic E-state index is 3.25. The number of hydrogen-bond donors (Lipinski definition) is 3. The van der Waals surface area contributed by atoms with Gasteiger partial charge < -0.3 is 33.6 Å². The highest BCUT2D eigenvalue weighted by atomic mass is 16.0. The summed E-state index contributed by atoms with van der Waals surface area (Å²) in [7, 11) is 5.25. The van der Waals surface area contributed by atoms with Crippen molar-refractivity contribution < 1.29 is 33.6 Å². The number of quaternary nitrogens is 3. The van der Waals surface area contributed by atoms with Crippen LogP contribution in [-0.4, -0.2) is 37.6 Å². The fourth-order valence-corrected chi connectivity index (χ4v) is 0. The minimum Gasteiger partial charge on any atom is -0.870 e. The molecule has 0 aliphatic heterocycles. The molecular formula is C3H21N3O3. The summed E-state index contributed by atoms with van der Waals surface area (Å²) in [6.45, 7) is 0. The van der Waals surface area contributed by atoms with E-state index in [-0.39, 0.29) is 16.4 Å². The van der Waals surface area contributed by atoms with Crippen LogP contribution in [0.25, 0.3) is 0 Å². The Bertz CT molecular complexity index is 14.3. The third kappa shape index (κ3) is 4470. The van der Waals surface area contributed by atoms with Crippen LogP contribution in [0.3, 0.4) is 0 Å². The smallest absolute Gasteiger partial charge is 0.0634 e. The highest BCUT2D eigenvalue weighted by molar-refractivity contribution is 3.08. The summed E-state index contributed by atoms with van der Waals surface area (Å²) in [4.78, 5) is 0. The lowest BCUT2D eigenvalue weighted by Crippen LogP contribution is -2.40. The van der Waals surface area contributed by atoms with Gasteiger partial charge in [0, 0.05) is 0 Å². The van der Waals surface area contributed by atoms with Gasteiger partial charge in [-0.25, -0.2) is 0 Å². The van der Waals surface area contributed by atoms with Crippen molar-refractivity contribution in [3.63, 3.8) is 0 Å². The average Bonchev–Trinajstić information content (AvgIpc) is 1.81. The van der Waals surface area contributed by atoms with Crippen molar-refractivity contribution in [2.45, 2.75) is 0 Å². The van der Waals surface area contributed by atoms with Gasteiger partial charge in [-0.15, -0.1) is 0 Å². The molecule has 0 rings (SSSR count).